The van der Waals surface area contributed by atoms with Crippen molar-refractivity contribution < 1.29 is 9.59 Å². The number of rotatable bonds is 3. The van der Waals surface area contributed by atoms with Gasteiger partial charge in [-0.25, -0.2) is 0 Å². The first-order valence-electron chi connectivity index (χ1n) is 4.77. The van der Waals surface area contributed by atoms with Crippen LogP contribution in [0.5, 0.6) is 0 Å². The van der Waals surface area contributed by atoms with Gasteiger partial charge in [0.05, 0.1) is 5.41 Å². The normalized spacial score (nSPS) is 28.4. The summed E-state index contributed by atoms with van der Waals surface area (Å²) in [4.78, 5) is 22.5. The van der Waals surface area contributed by atoms with Crippen LogP contribution in [0.2, 0.25) is 0 Å². The highest BCUT2D eigenvalue weighted by Crippen LogP contribution is 2.24. The molecule has 0 radical (unpaired) electrons. The van der Waals surface area contributed by atoms with E-state index in [9.17, 15) is 9.59 Å². The molecule has 1 saturated heterocycles. The zero-order chi connectivity index (χ0) is 10.8. The molecule has 4 N–H and O–H groups in total. The highest BCUT2D eigenvalue weighted by molar-refractivity contribution is 5.89. The predicted octanol–water partition coefficient (Wildman–Crippen LogP) is -1.02. The van der Waals surface area contributed by atoms with E-state index < -0.39 is 17.4 Å². The van der Waals surface area contributed by atoms with E-state index >= 15 is 0 Å². The Morgan fingerprint density at radius 2 is 2.21 bits per heavy atom. The summed E-state index contributed by atoms with van der Waals surface area (Å²) in [6, 6.07) is -0.597. The highest BCUT2D eigenvalue weighted by Gasteiger charge is 2.37. The van der Waals surface area contributed by atoms with Crippen LogP contribution in [-0.2, 0) is 9.59 Å². The highest BCUT2D eigenvalue weighted by atomic mass is 16.2. The van der Waals surface area contributed by atoms with Crippen LogP contribution in [0.4, 0.5) is 0 Å². The second-order valence-corrected chi connectivity index (χ2v) is 4.08. The van der Waals surface area contributed by atoms with Gasteiger partial charge in [-0.1, -0.05) is 0 Å². The molecule has 0 saturated carbocycles. The number of nitrogens with one attached hydrogen (secondary N) is 2. The summed E-state index contributed by atoms with van der Waals surface area (Å²) in [5, 5.41) is 5.73. The van der Waals surface area contributed by atoms with Crippen molar-refractivity contribution in [3.63, 3.8) is 0 Å². The minimum Gasteiger partial charge on any atom is -0.368 e. The molecule has 2 atom stereocenters. The fourth-order valence-electron chi connectivity index (χ4n) is 1.45. The maximum atomic E-state index is 11.7. The van der Waals surface area contributed by atoms with Gasteiger partial charge in [0.1, 0.15) is 6.04 Å². The van der Waals surface area contributed by atoms with Gasteiger partial charge in [0.25, 0.3) is 0 Å². The minimum absolute atomic E-state index is 0.103. The molecule has 0 aromatic carbocycles. The molecular formula is C9H17N3O2. The van der Waals surface area contributed by atoms with Crippen LogP contribution in [0.3, 0.4) is 0 Å². The van der Waals surface area contributed by atoms with E-state index in [1.54, 1.807) is 6.92 Å². The summed E-state index contributed by atoms with van der Waals surface area (Å²) in [6.07, 6.45) is 0.796. The van der Waals surface area contributed by atoms with Crippen molar-refractivity contribution in [3.05, 3.63) is 0 Å². The summed E-state index contributed by atoms with van der Waals surface area (Å²) < 4.78 is 0. The number of carbonyl (C=O) groups is 2. The molecule has 1 fully saturated rings. The van der Waals surface area contributed by atoms with Crippen LogP contribution in [0, 0.1) is 5.41 Å². The van der Waals surface area contributed by atoms with E-state index in [1.807, 2.05) is 6.92 Å². The van der Waals surface area contributed by atoms with Crippen LogP contribution in [0.1, 0.15) is 20.3 Å². The molecule has 14 heavy (non-hydrogen) atoms. The molecule has 0 aromatic rings. The molecule has 0 aliphatic carbocycles. The Morgan fingerprint density at radius 1 is 1.57 bits per heavy atom. The van der Waals surface area contributed by atoms with Crippen molar-refractivity contribution in [1.29, 1.82) is 0 Å². The van der Waals surface area contributed by atoms with Crippen LogP contribution in [-0.4, -0.2) is 30.9 Å². The van der Waals surface area contributed by atoms with Gasteiger partial charge in [-0.2, -0.15) is 0 Å². The van der Waals surface area contributed by atoms with E-state index in [2.05, 4.69) is 10.6 Å². The lowest BCUT2D eigenvalue weighted by molar-refractivity contribution is -0.132. The van der Waals surface area contributed by atoms with E-state index in [0.29, 0.717) is 6.54 Å². The number of hydrogen-bond donors (Lipinski definition) is 3. The van der Waals surface area contributed by atoms with Gasteiger partial charge < -0.3 is 16.4 Å². The molecule has 0 spiro atoms. The van der Waals surface area contributed by atoms with Gasteiger partial charge in [0.2, 0.25) is 11.8 Å². The fourth-order valence-corrected chi connectivity index (χ4v) is 1.45. The van der Waals surface area contributed by atoms with Crippen molar-refractivity contribution >= 4 is 11.8 Å². The van der Waals surface area contributed by atoms with E-state index in [4.69, 9.17) is 5.73 Å². The average Bonchev–Trinajstić information content (AvgIpc) is 2.53. The molecule has 2 unspecified atom stereocenters. The second-order valence-electron chi connectivity index (χ2n) is 4.08. The van der Waals surface area contributed by atoms with Crippen LogP contribution < -0.4 is 16.4 Å². The Morgan fingerprint density at radius 3 is 2.64 bits per heavy atom. The maximum Gasteiger partial charge on any atom is 0.239 e. The number of carbonyl (C=O) groups excluding carboxylic acids is 2. The van der Waals surface area contributed by atoms with Crippen molar-refractivity contribution in [2.75, 3.05) is 13.1 Å². The Bertz CT molecular complexity index is 246. The van der Waals surface area contributed by atoms with Crippen molar-refractivity contribution in [2.45, 2.75) is 26.3 Å². The van der Waals surface area contributed by atoms with Crippen molar-refractivity contribution in [3.8, 4) is 0 Å². The third kappa shape index (κ3) is 2.23. The number of nitrogens with two attached hydrogens (primary N) is 1. The largest absolute Gasteiger partial charge is 0.368 e. The number of primary amides is 1. The lowest BCUT2D eigenvalue weighted by atomic mass is 9.88. The molecule has 5 nitrogen and oxygen atoms in total. The van der Waals surface area contributed by atoms with E-state index in [0.717, 1.165) is 13.0 Å². The summed E-state index contributed by atoms with van der Waals surface area (Å²) in [5.74, 6) is -0.610. The van der Waals surface area contributed by atoms with E-state index in [1.165, 1.54) is 0 Å². The zero-order valence-corrected chi connectivity index (χ0v) is 8.59. The van der Waals surface area contributed by atoms with Gasteiger partial charge in [0, 0.05) is 6.54 Å². The third-order valence-corrected chi connectivity index (χ3v) is 2.69. The van der Waals surface area contributed by atoms with Gasteiger partial charge in [-0.15, -0.1) is 0 Å². The molecule has 2 amide bonds. The quantitative estimate of drug-likeness (QED) is 0.543. The molecule has 1 rings (SSSR count). The Kier molecular flexibility index (Phi) is 3.10. The summed E-state index contributed by atoms with van der Waals surface area (Å²) in [5.41, 5.74) is 4.66. The fraction of sp³-hybridized carbons (Fsp3) is 0.778. The molecule has 1 aliphatic heterocycles. The first-order chi connectivity index (χ1) is 6.46. The summed E-state index contributed by atoms with van der Waals surface area (Å²) in [7, 11) is 0. The van der Waals surface area contributed by atoms with Crippen LogP contribution >= 0.6 is 0 Å². The average molecular weight is 199 g/mol. The first kappa shape index (κ1) is 11.0. The van der Waals surface area contributed by atoms with Crippen molar-refractivity contribution in [1.82, 2.24) is 10.6 Å². The first-order valence-corrected chi connectivity index (χ1v) is 4.77. The topological polar surface area (TPSA) is 84.2 Å². The molecule has 5 heteroatoms. The summed E-state index contributed by atoms with van der Waals surface area (Å²) >= 11 is 0. The Labute approximate surface area is 83.4 Å². The van der Waals surface area contributed by atoms with Crippen molar-refractivity contribution in [2.24, 2.45) is 11.1 Å². The standard InChI is InChI=1S/C9H17N3O2/c1-6(7(10)13)12-8(14)9(2)3-4-11-5-9/h6,11H,3-5H2,1-2H3,(H2,10,13)(H,12,14). The van der Waals surface area contributed by atoms with Crippen LogP contribution in [0.25, 0.3) is 0 Å². The predicted molar refractivity (Wildman–Crippen MR) is 52.4 cm³/mol. The number of amides is 2. The minimum atomic E-state index is -0.597. The molecule has 0 bridgehead atoms. The van der Waals surface area contributed by atoms with E-state index in [-0.39, 0.29) is 5.91 Å². The molecule has 1 heterocycles. The zero-order valence-electron chi connectivity index (χ0n) is 8.59. The molecule has 80 valence electrons. The lowest BCUT2D eigenvalue weighted by Crippen LogP contribution is -2.48. The smallest absolute Gasteiger partial charge is 0.239 e. The third-order valence-electron chi connectivity index (χ3n) is 2.69. The maximum absolute atomic E-state index is 11.7. The lowest BCUT2D eigenvalue weighted by Gasteiger charge is -2.23. The van der Waals surface area contributed by atoms with Gasteiger partial charge in [-0.3, -0.25) is 9.59 Å². The SMILES string of the molecule is CC(NC(=O)C1(C)CCNC1)C(N)=O. The molecule has 1 aliphatic rings. The second kappa shape index (κ2) is 3.96. The molecular weight excluding hydrogens is 182 g/mol. The monoisotopic (exact) mass is 199 g/mol. The van der Waals surface area contributed by atoms with Gasteiger partial charge >= 0.3 is 0 Å². The van der Waals surface area contributed by atoms with Gasteiger partial charge in [0.15, 0.2) is 0 Å². The number of hydrogen-bond acceptors (Lipinski definition) is 3. The van der Waals surface area contributed by atoms with Gasteiger partial charge in [-0.05, 0) is 26.8 Å². The van der Waals surface area contributed by atoms with Crippen LogP contribution in [0.15, 0.2) is 0 Å². The Hall–Kier alpha value is -1.10. The molecule has 0 aromatic heterocycles. The summed E-state index contributed by atoms with van der Waals surface area (Å²) in [6.45, 7) is 4.97. The Balaban J connectivity index is 2.53.